The van der Waals surface area contributed by atoms with Crippen molar-refractivity contribution >= 4 is 11.6 Å². The maximum absolute atomic E-state index is 11.9. The molecule has 0 fully saturated rings. The Hall–Kier alpha value is -1.55. The van der Waals surface area contributed by atoms with Crippen LogP contribution in [0.4, 0.5) is 5.69 Å². The van der Waals surface area contributed by atoms with Crippen molar-refractivity contribution in [2.45, 2.75) is 45.6 Å². The van der Waals surface area contributed by atoms with Crippen molar-refractivity contribution in [3.8, 4) is 5.75 Å². The van der Waals surface area contributed by atoms with Crippen LogP contribution in [0.5, 0.6) is 5.75 Å². The van der Waals surface area contributed by atoms with Gasteiger partial charge in [0.1, 0.15) is 5.75 Å². The van der Waals surface area contributed by atoms with Crippen LogP contribution in [0, 0.1) is 0 Å². The topological polar surface area (TPSA) is 64.4 Å². The van der Waals surface area contributed by atoms with Crippen molar-refractivity contribution < 1.29 is 9.53 Å². The summed E-state index contributed by atoms with van der Waals surface area (Å²) in [5.74, 6) is 0.455. The number of nitrogens with two attached hydrogens (primary N) is 1. The van der Waals surface area contributed by atoms with Crippen LogP contribution in [-0.4, -0.2) is 19.1 Å². The van der Waals surface area contributed by atoms with Gasteiger partial charge in [0.2, 0.25) is 5.91 Å². The second kappa shape index (κ2) is 6.06. The normalized spacial score (nSPS) is 12.9. The SMILES string of the molecule is CCC(N)C(=O)Nc1cc(C(C)(C)C)ccc1OC. The fraction of sp³-hybridized carbons (Fsp3) is 0.533. The van der Waals surface area contributed by atoms with E-state index in [4.69, 9.17) is 10.5 Å². The molecule has 4 nitrogen and oxygen atoms in total. The third kappa shape index (κ3) is 3.96. The molecule has 0 aliphatic rings. The summed E-state index contributed by atoms with van der Waals surface area (Å²) in [6.45, 7) is 8.25. The molecule has 1 aromatic carbocycles. The fourth-order valence-corrected chi connectivity index (χ4v) is 1.68. The first-order valence-electron chi connectivity index (χ1n) is 6.54. The number of nitrogens with one attached hydrogen (secondary N) is 1. The number of rotatable bonds is 4. The zero-order valence-corrected chi connectivity index (χ0v) is 12.4. The molecule has 0 aromatic heterocycles. The number of carbonyl (C=O) groups is 1. The minimum Gasteiger partial charge on any atom is -0.495 e. The lowest BCUT2D eigenvalue weighted by atomic mass is 9.87. The first-order chi connectivity index (χ1) is 8.79. The second-order valence-electron chi connectivity index (χ2n) is 5.67. The standard InChI is InChI=1S/C15H24N2O2/c1-6-11(16)14(18)17-12-9-10(15(2,3)4)7-8-13(12)19-5/h7-9,11H,6,16H2,1-5H3,(H,17,18). The van der Waals surface area contributed by atoms with Gasteiger partial charge in [-0.05, 0) is 29.5 Å². The van der Waals surface area contributed by atoms with E-state index in [0.29, 0.717) is 17.9 Å². The van der Waals surface area contributed by atoms with Crippen LogP contribution in [0.25, 0.3) is 0 Å². The molecule has 1 aromatic rings. The maximum atomic E-state index is 11.9. The molecule has 19 heavy (non-hydrogen) atoms. The van der Waals surface area contributed by atoms with Gasteiger partial charge in [-0.15, -0.1) is 0 Å². The molecule has 3 N–H and O–H groups in total. The number of ether oxygens (including phenoxy) is 1. The van der Waals surface area contributed by atoms with Crippen molar-refractivity contribution in [1.82, 2.24) is 0 Å². The van der Waals surface area contributed by atoms with E-state index < -0.39 is 6.04 Å². The van der Waals surface area contributed by atoms with Gasteiger partial charge in [-0.25, -0.2) is 0 Å². The average molecular weight is 264 g/mol. The Kier molecular flexibility index (Phi) is 4.95. The molecular formula is C15H24N2O2. The fourth-order valence-electron chi connectivity index (χ4n) is 1.68. The molecule has 1 amide bonds. The average Bonchev–Trinajstić information content (AvgIpc) is 2.36. The van der Waals surface area contributed by atoms with Crippen molar-refractivity contribution in [2.24, 2.45) is 5.73 Å². The molecule has 0 spiro atoms. The third-order valence-corrected chi connectivity index (χ3v) is 3.10. The number of benzene rings is 1. The van der Waals surface area contributed by atoms with Gasteiger partial charge < -0.3 is 15.8 Å². The highest BCUT2D eigenvalue weighted by Gasteiger charge is 2.18. The molecule has 1 unspecified atom stereocenters. The zero-order chi connectivity index (χ0) is 14.6. The molecule has 0 saturated carbocycles. The lowest BCUT2D eigenvalue weighted by Gasteiger charge is -2.21. The van der Waals surface area contributed by atoms with Crippen molar-refractivity contribution in [3.05, 3.63) is 23.8 Å². The number of anilines is 1. The van der Waals surface area contributed by atoms with E-state index in [1.54, 1.807) is 7.11 Å². The number of hydrogen-bond acceptors (Lipinski definition) is 3. The van der Waals surface area contributed by atoms with Crippen LogP contribution >= 0.6 is 0 Å². The smallest absolute Gasteiger partial charge is 0.241 e. The first kappa shape index (κ1) is 15.5. The predicted molar refractivity (Wildman–Crippen MR) is 78.6 cm³/mol. The summed E-state index contributed by atoms with van der Waals surface area (Å²) in [5.41, 5.74) is 7.54. The number of amides is 1. The Morgan fingerprint density at radius 3 is 2.53 bits per heavy atom. The Labute approximate surface area is 115 Å². The molecule has 106 valence electrons. The second-order valence-corrected chi connectivity index (χ2v) is 5.67. The van der Waals surface area contributed by atoms with Gasteiger partial charge in [0.05, 0.1) is 18.8 Å². The van der Waals surface area contributed by atoms with E-state index in [2.05, 4.69) is 26.1 Å². The molecule has 1 atom stereocenters. The Morgan fingerprint density at radius 1 is 1.42 bits per heavy atom. The van der Waals surface area contributed by atoms with Gasteiger partial charge in [0, 0.05) is 0 Å². The summed E-state index contributed by atoms with van der Waals surface area (Å²) in [6, 6.07) is 5.32. The summed E-state index contributed by atoms with van der Waals surface area (Å²) >= 11 is 0. The lowest BCUT2D eigenvalue weighted by Crippen LogP contribution is -2.35. The van der Waals surface area contributed by atoms with E-state index >= 15 is 0 Å². The maximum Gasteiger partial charge on any atom is 0.241 e. The number of carbonyl (C=O) groups excluding carboxylic acids is 1. The van der Waals surface area contributed by atoms with E-state index in [0.717, 1.165) is 5.56 Å². The van der Waals surface area contributed by atoms with E-state index in [-0.39, 0.29) is 11.3 Å². The van der Waals surface area contributed by atoms with Crippen LogP contribution in [-0.2, 0) is 10.2 Å². The van der Waals surface area contributed by atoms with Gasteiger partial charge in [-0.1, -0.05) is 33.8 Å². The Balaban J connectivity index is 3.07. The minimum absolute atomic E-state index is 0.0125. The zero-order valence-electron chi connectivity index (χ0n) is 12.4. The van der Waals surface area contributed by atoms with Crippen LogP contribution in [0.2, 0.25) is 0 Å². The summed E-state index contributed by atoms with van der Waals surface area (Å²) in [4.78, 5) is 11.9. The third-order valence-electron chi connectivity index (χ3n) is 3.10. The highest BCUT2D eigenvalue weighted by atomic mass is 16.5. The molecule has 0 heterocycles. The first-order valence-corrected chi connectivity index (χ1v) is 6.54. The van der Waals surface area contributed by atoms with Crippen molar-refractivity contribution in [1.29, 1.82) is 0 Å². The van der Waals surface area contributed by atoms with Crippen molar-refractivity contribution in [2.75, 3.05) is 12.4 Å². The van der Waals surface area contributed by atoms with Gasteiger partial charge in [0.25, 0.3) is 0 Å². The van der Waals surface area contributed by atoms with Gasteiger partial charge >= 0.3 is 0 Å². The lowest BCUT2D eigenvalue weighted by molar-refractivity contribution is -0.117. The van der Waals surface area contributed by atoms with Crippen molar-refractivity contribution in [3.63, 3.8) is 0 Å². The van der Waals surface area contributed by atoms with Crippen LogP contribution in [0.15, 0.2) is 18.2 Å². The van der Waals surface area contributed by atoms with Crippen LogP contribution in [0.3, 0.4) is 0 Å². The van der Waals surface area contributed by atoms with Gasteiger partial charge in [-0.3, -0.25) is 4.79 Å². The molecule has 0 aliphatic heterocycles. The van der Waals surface area contributed by atoms with Crippen LogP contribution < -0.4 is 15.8 Å². The number of hydrogen-bond donors (Lipinski definition) is 2. The molecule has 4 heteroatoms. The highest BCUT2D eigenvalue weighted by Crippen LogP contribution is 2.31. The van der Waals surface area contributed by atoms with E-state index in [1.807, 2.05) is 25.1 Å². The summed E-state index contributed by atoms with van der Waals surface area (Å²) in [5, 5.41) is 2.84. The van der Waals surface area contributed by atoms with Gasteiger partial charge in [-0.2, -0.15) is 0 Å². The molecule has 0 radical (unpaired) electrons. The molecular weight excluding hydrogens is 240 g/mol. The number of methoxy groups -OCH3 is 1. The quantitative estimate of drug-likeness (QED) is 0.878. The Morgan fingerprint density at radius 2 is 2.05 bits per heavy atom. The monoisotopic (exact) mass is 264 g/mol. The summed E-state index contributed by atoms with van der Waals surface area (Å²) in [7, 11) is 1.58. The largest absolute Gasteiger partial charge is 0.495 e. The Bertz CT molecular complexity index is 450. The highest BCUT2D eigenvalue weighted by molar-refractivity contribution is 5.96. The van der Waals surface area contributed by atoms with E-state index in [9.17, 15) is 4.79 Å². The van der Waals surface area contributed by atoms with E-state index in [1.165, 1.54) is 0 Å². The summed E-state index contributed by atoms with van der Waals surface area (Å²) in [6.07, 6.45) is 0.604. The summed E-state index contributed by atoms with van der Waals surface area (Å²) < 4.78 is 5.27. The molecule has 0 aliphatic carbocycles. The predicted octanol–water partition coefficient (Wildman–Crippen LogP) is 2.67. The molecule has 0 bridgehead atoms. The minimum atomic E-state index is -0.497. The molecule has 0 saturated heterocycles. The van der Waals surface area contributed by atoms with Crippen LogP contribution in [0.1, 0.15) is 39.7 Å². The van der Waals surface area contributed by atoms with Gasteiger partial charge in [0.15, 0.2) is 0 Å². The molecule has 1 rings (SSSR count).